The maximum absolute atomic E-state index is 12.9. The first-order valence-corrected chi connectivity index (χ1v) is 11.2. The molecule has 4 rings (SSSR count). The number of carbonyl (C=O) groups is 1. The highest BCUT2D eigenvalue weighted by Gasteiger charge is 2.19. The minimum absolute atomic E-state index is 0.0900. The van der Waals surface area contributed by atoms with Crippen LogP contribution in [-0.2, 0) is 6.54 Å². The van der Waals surface area contributed by atoms with Crippen LogP contribution in [0.2, 0.25) is 0 Å². The van der Waals surface area contributed by atoms with Crippen LogP contribution < -0.4 is 10.6 Å². The molecule has 6 nitrogen and oxygen atoms in total. The zero-order valence-corrected chi connectivity index (χ0v) is 19.0. The Labute approximate surface area is 186 Å². The molecule has 1 aromatic carbocycles. The van der Waals surface area contributed by atoms with E-state index in [1.54, 1.807) is 6.20 Å². The Morgan fingerprint density at radius 2 is 1.81 bits per heavy atom. The van der Waals surface area contributed by atoms with Gasteiger partial charge in [-0.05, 0) is 42.5 Å². The molecule has 0 aliphatic rings. The van der Waals surface area contributed by atoms with Crippen molar-refractivity contribution in [3.63, 3.8) is 0 Å². The average Bonchev–Trinajstić information content (AvgIpc) is 3.20. The first kappa shape index (κ1) is 22.4. The third-order valence-electron chi connectivity index (χ3n) is 4.58. The van der Waals surface area contributed by atoms with Crippen LogP contribution in [0.3, 0.4) is 0 Å². The van der Waals surface area contributed by atoms with E-state index in [1.165, 1.54) is 11.3 Å². The molecular formula is C24H27N5OS. The van der Waals surface area contributed by atoms with Gasteiger partial charge >= 0.3 is 0 Å². The zero-order chi connectivity index (χ0) is 22.2. The Morgan fingerprint density at radius 3 is 2.52 bits per heavy atom. The molecule has 0 aliphatic carbocycles. The number of aryl methyl sites for hydroxylation is 1. The number of pyridine rings is 1. The van der Waals surface area contributed by atoms with Gasteiger partial charge in [-0.15, -0.1) is 11.3 Å². The molecule has 0 saturated heterocycles. The molecule has 2 N–H and O–H groups in total. The Kier molecular flexibility index (Phi) is 7.67. The minimum atomic E-state index is -0.211. The van der Waals surface area contributed by atoms with E-state index < -0.39 is 0 Å². The normalized spacial score (nSPS) is 11.4. The summed E-state index contributed by atoms with van der Waals surface area (Å²) in [5.41, 5.74) is 4.13. The maximum atomic E-state index is 12.9. The van der Waals surface area contributed by atoms with Crippen molar-refractivity contribution in [2.45, 2.75) is 40.3 Å². The van der Waals surface area contributed by atoms with Gasteiger partial charge in [0, 0.05) is 12.7 Å². The van der Waals surface area contributed by atoms with Crippen molar-refractivity contribution >= 4 is 33.4 Å². The third kappa shape index (κ3) is 5.44. The fraction of sp³-hybridized carbons (Fsp3) is 0.250. The Hall–Kier alpha value is -3.32. The van der Waals surface area contributed by atoms with Crippen LogP contribution in [0.1, 0.15) is 54.1 Å². The molecule has 0 unspecified atom stereocenters. The summed E-state index contributed by atoms with van der Waals surface area (Å²) < 4.78 is 0.795. The van der Waals surface area contributed by atoms with Crippen molar-refractivity contribution in [2.24, 2.45) is 0 Å². The molecule has 1 atom stereocenters. The molecule has 0 saturated carbocycles. The largest absolute Gasteiger partial charge is 0.347 e. The number of fused-ring (bicyclic) bond motifs is 1. The van der Waals surface area contributed by atoms with Gasteiger partial charge in [-0.2, -0.15) is 0 Å². The molecule has 0 radical (unpaired) electrons. The van der Waals surface area contributed by atoms with Crippen LogP contribution in [0.4, 0.5) is 5.95 Å². The fourth-order valence-corrected chi connectivity index (χ4v) is 3.99. The van der Waals surface area contributed by atoms with E-state index in [9.17, 15) is 4.79 Å². The van der Waals surface area contributed by atoms with Gasteiger partial charge < -0.3 is 10.6 Å². The number of anilines is 1. The molecule has 4 aromatic rings. The standard InChI is InChI=1S/C22H21N5OS.C2H6/c1-14-13-29-20-18(14)26-22(25-15(2)17-10-6-7-11-23-17)27-19(20)21(28)24-12-16-8-4-3-5-9-16;1-2/h3-11,13,15H,12H2,1-2H3,(H,24,28)(H,25,26,27);1-2H3/t15-;/m0./s1. The Morgan fingerprint density at radius 1 is 1.06 bits per heavy atom. The predicted octanol–water partition coefficient (Wildman–Crippen LogP) is 5.52. The van der Waals surface area contributed by atoms with E-state index in [2.05, 4.69) is 25.6 Å². The lowest BCUT2D eigenvalue weighted by Gasteiger charge is -2.14. The molecule has 3 aromatic heterocycles. The summed E-state index contributed by atoms with van der Waals surface area (Å²) in [4.78, 5) is 26.5. The number of hydrogen-bond donors (Lipinski definition) is 2. The number of rotatable bonds is 6. The highest BCUT2D eigenvalue weighted by molar-refractivity contribution is 7.17. The van der Waals surface area contributed by atoms with Crippen LogP contribution in [0.5, 0.6) is 0 Å². The van der Waals surface area contributed by atoms with Gasteiger partial charge in [0.1, 0.15) is 0 Å². The Balaban J connectivity index is 0.00000132. The molecule has 1 amide bonds. The third-order valence-corrected chi connectivity index (χ3v) is 5.67. The van der Waals surface area contributed by atoms with Crippen molar-refractivity contribution in [2.75, 3.05) is 5.32 Å². The second-order valence-electron chi connectivity index (χ2n) is 6.78. The molecule has 0 spiro atoms. The van der Waals surface area contributed by atoms with Gasteiger partial charge in [-0.3, -0.25) is 9.78 Å². The number of benzene rings is 1. The summed E-state index contributed by atoms with van der Waals surface area (Å²) in [5.74, 6) is 0.207. The van der Waals surface area contributed by atoms with E-state index in [4.69, 9.17) is 0 Å². The van der Waals surface area contributed by atoms with E-state index in [0.717, 1.165) is 27.0 Å². The van der Waals surface area contributed by atoms with Gasteiger partial charge in [-0.25, -0.2) is 9.97 Å². The molecule has 3 heterocycles. The van der Waals surface area contributed by atoms with Crippen LogP contribution in [0.25, 0.3) is 10.2 Å². The highest BCUT2D eigenvalue weighted by Crippen LogP contribution is 2.28. The second-order valence-corrected chi connectivity index (χ2v) is 7.66. The van der Waals surface area contributed by atoms with Crippen molar-refractivity contribution in [3.05, 3.63) is 82.6 Å². The van der Waals surface area contributed by atoms with E-state index in [0.29, 0.717) is 18.2 Å². The monoisotopic (exact) mass is 433 g/mol. The molecule has 160 valence electrons. The lowest BCUT2D eigenvalue weighted by Crippen LogP contribution is -2.24. The van der Waals surface area contributed by atoms with Crippen LogP contribution >= 0.6 is 11.3 Å². The number of nitrogens with zero attached hydrogens (tertiary/aromatic N) is 3. The number of aromatic nitrogens is 3. The van der Waals surface area contributed by atoms with Crippen LogP contribution in [-0.4, -0.2) is 20.9 Å². The highest BCUT2D eigenvalue weighted by atomic mass is 32.1. The van der Waals surface area contributed by atoms with Gasteiger partial charge in [-0.1, -0.05) is 50.2 Å². The summed E-state index contributed by atoms with van der Waals surface area (Å²) in [6.45, 7) is 8.43. The number of nitrogens with one attached hydrogen (secondary N) is 2. The van der Waals surface area contributed by atoms with Crippen molar-refractivity contribution < 1.29 is 4.79 Å². The van der Waals surface area contributed by atoms with Gasteiger partial charge in [0.25, 0.3) is 5.91 Å². The summed E-state index contributed by atoms with van der Waals surface area (Å²) in [6, 6.07) is 15.5. The lowest BCUT2D eigenvalue weighted by atomic mass is 10.2. The number of hydrogen-bond acceptors (Lipinski definition) is 6. The van der Waals surface area contributed by atoms with Crippen LogP contribution in [0, 0.1) is 6.92 Å². The summed E-state index contributed by atoms with van der Waals surface area (Å²) >= 11 is 1.49. The molecule has 31 heavy (non-hydrogen) atoms. The van der Waals surface area contributed by atoms with E-state index in [1.807, 2.05) is 81.6 Å². The fourth-order valence-electron chi connectivity index (χ4n) is 3.01. The summed E-state index contributed by atoms with van der Waals surface area (Å²) in [6.07, 6.45) is 1.75. The predicted molar refractivity (Wildman–Crippen MR) is 127 cm³/mol. The summed E-state index contributed by atoms with van der Waals surface area (Å²) in [5, 5.41) is 8.24. The topological polar surface area (TPSA) is 79.8 Å². The molecule has 0 aliphatic heterocycles. The molecule has 7 heteroatoms. The van der Waals surface area contributed by atoms with E-state index >= 15 is 0 Å². The minimum Gasteiger partial charge on any atom is -0.347 e. The number of amides is 1. The molecule has 0 bridgehead atoms. The maximum Gasteiger partial charge on any atom is 0.271 e. The molecular weight excluding hydrogens is 406 g/mol. The average molecular weight is 434 g/mol. The van der Waals surface area contributed by atoms with Crippen molar-refractivity contribution in [1.82, 2.24) is 20.3 Å². The van der Waals surface area contributed by atoms with Crippen molar-refractivity contribution in [3.8, 4) is 0 Å². The zero-order valence-electron chi connectivity index (χ0n) is 18.2. The SMILES string of the molecule is CC.Cc1csc2c(C(=O)NCc3ccccc3)nc(N[C@@H](C)c3ccccn3)nc12. The quantitative estimate of drug-likeness (QED) is 0.418. The first-order chi connectivity index (χ1) is 15.1. The first-order valence-electron chi connectivity index (χ1n) is 10.4. The number of thiophene rings is 1. The Bertz CT molecular complexity index is 1130. The van der Waals surface area contributed by atoms with Crippen LogP contribution in [0.15, 0.2) is 60.1 Å². The number of carbonyl (C=O) groups excluding carboxylic acids is 1. The lowest BCUT2D eigenvalue weighted by molar-refractivity contribution is 0.0948. The molecule has 0 fully saturated rings. The van der Waals surface area contributed by atoms with Gasteiger partial charge in [0.2, 0.25) is 5.95 Å². The van der Waals surface area contributed by atoms with E-state index in [-0.39, 0.29) is 11.9 Å². The summed E-state index contributed by atoms with van der Waals surface area (Å²) in [7, 11) is 0. The van der Waals surface area contributed by atoms with Gasteiger partial charge in [0.15, 0.2) is 5.69 Å². The van der Waals surface area contributed by atoms with Crippen molar-refractivity contribution in [1.29, 1.82) is 0 Å². The smallest absolute Gasteiger partial charge is 0.271 e. The second kappa shape index (κ2) is 10.6. The van der Waals surface area contributed by atoms with Gasteiger partial charge in [0.05, 0.1) is 22.0 Å².